The second-order valence-corrected chi connectivity index (χ2v) is 4.02. The van der Waals surface area contributed by atoms with E-state index in [9.17, 15) is 4.79 Å². The van der Waals surface area contributed by atoms with Crippen LogP contribution in [-0.4, -0.2) is 12.3 Å². The lowest BCUT2D eigenvalue weighted by atomic mass is 10.1. The summed E-state index contributed by atoms with van der Waals surface area (Å²) in [7, 11) is 0. The quantitative estimate of drug-likeness (QED) is 0.740. The monoisotopic (exact) mass is 229 g/mol. The van der Waals surface area contributed by atoms with E-state index in [0.717, 1.165) is 13.0 Å². The molecule has 1 aliphatic heterocycles. The van der Waals surface area contributed by atoms with Crippen LogP contribution in [0.25, 0.3) is 0 Å². The van der Waals surface area contributed by atoms with Crippen molar-refractivity contribution in [2.75, 3.05) is 11.9 Å². The zero-order chi connectivity index (χ0) is 10.1. The fraction of sp³-hybridized carbons (Fsp3) is 0.300. The van der Waals surface area contributed by atoms with Crippen molar-refractivity contribution in [2.45, 2.75) is 12.8 Å². The molecule has 1 heterocycles. The molecule has 1 aromatic rings. The number of benzene rings is 1. The van der Waals surface area contributed by atoms with Crippen LogP contribution in [0.3, 0.4) is 0 Å². The van der Waals surface area contributed by atoms with Gasteiger partial charge in [0.05, 0.1) is 15.7 Å². The number of fused-ring (bicyclic) bond motifs is 1. The van der Waals surface area contributed by atoms with E-state index >= 15 is 0 Å². The van der Waals surface area contributed by atoms with E-state index in [0.29, 0.717) is 27.7 Å². The van der Waals surface area contributed by atoms with Gasteiger partial charge in [0.25, 0.3) is 0 Å². The van der Waals surface area contributed by atoms with Gasteiger partial charge in [-0.25, -0.2) is 0 Å². The summed E-state index contributed by atoms with van der Waals surface area (Å²) >= 11 is 11.9. The van der Waals surface area contributed by atoms with Crippen LogP contribution in [0.15, 0.2) is 12.1 Å². The number of rotatable bonds is 0. The molecule has 2 nitrogen and oxygen atoms in total. The van der Waals surface area contributed by atoms with Crippen molar-refractivity contribution < 1.29 is 4.79 Å². The average Bonchev–Trinajstić information content (AvgIpc) is 2.35. The van der Waals surface area contributed by atoms with Crippen molar-refractivity contribution in [1.29, 1.82) is 0 Å². The highest BCUT2D eigenvalue weighted by Crippen LogP contribution is 2.34. The molecule has 0 aliphatic carbocycles. The molecule has 1 aliphatic rings. The molecule has 0 aromatic heterocycles. The van der Waals surface area contributed by atoms with Gasteiger partial charge in [0.15, 0.2) is 5.78 Å². The minimum atomic E-state index is 0.128. The van der Waals surface area contributed by atoms with Gasteiger partial charge in [0, 0.05) is 18.5 Å². The number of carbonyl (C=O) groups excluding carboxylic acids is 1. The highest BCUT2D eigenvalue weighted by Gasteiger charge is 2.18. The number of anilines is 1. The highest BCUT2D eigenvalue weighted by atomic mass is 35.5. The Bertz CT molecular complexity index is 390. The normalized spacial score (nSPS) is 15.7. The van der Waals surface area contributed by atoms with Crippen LogP contribution in [0.5, 0.6) is 0 Å². The molecule has 74 valence electrons. The number of Topliss-reactive ketones (excluding diaryl/α,β-unsaturated/α-hetero) is 1. The molecule has 14 heavy (non-hydrogen) atoms. The first kappa shape index (κ1) is 9.81. The zero-order valence-electron chi connectivity index (χ0n) is 7.44. The summed E-state index contributed by atoms with van der Waals surface area (Å²) in [6.45, 7) is 0.763. The maximum atomic E-state index is 11.6. The van der Waals surface area contributed by atoms with E-state index in [1.807, 2.05) is 0 Å². The minimum Gasteiger partial charge on any atom is -0.383 e. The van der Waals surface area contributed by atoms with Gasteiger partial charge in [-0.1, -0.05) is 23.2 Å². The average molecular weight is 230 g/mol. The van der Waals surface area contributed by atoms with Crippen LogP contribution in [-0.2, 0) is 0 Å². The van der Waals surface area contributed by atoms with Gasteiger partial charge in [-0.3, -0.25) is 4.79 Å². The van der Waals surface area contributed by atoms with Crippen molar-refractivity contribution >= 4 is 34.7 Å². The largest absolute Gasteiger partial charge is 0.383 e. The van der Waals surface area contributed by atoms with Gasteiger partial charge >= 0.3 is 0 Å². The summed E-state index contributed by atoms with van der Waals surface area (Å²) in [6, 6.07) is 3.39. The van der Waals surface area contributed by atoms with E-state index in [1.54, 1.807) is 12.1 Å². The first-order chi connectivity index (χ1) is 6.70. The summed E-state index contributed by atoms with van der Waals surface area (Å²) in [5.41, 5.74) is 1.33. The van der Waals surface area contributed by atoms with Crippen LogP contribution < -0.4 is 5.32 Å². The Hall–Kier alpha value is -0.730. The summed E-state index contributed by atoms with van der Waals surface area (Å²) in [5, 5.41) is 4.05. The molecule has 0 bridgehead atoms. The van der Waals surface area contributed by atoms with E-state index in [-0.39, 0.29) is 5.78 Å². The number of ketones is 1. The lowest BCUT2D eigenvalue weighted by Crippen LogP contribution is -2.01. The summed E-state index contributed by atoms with van der Waals surface area (Å²) in [5.74, 6) is 0.128. The molecule has 0 saturated heterocycles. The van der Waals surface area contributed by atoms with Crippen LogP contribution in [0, 0.1) is 0 Å². The van der Waals surface area contributed by atoms with Gasteiger partial charge < -0.3 is 5.32 Å². The summed E-state index contributed by atoms with van der Waals surface area (Å²) in [6.07, 6.45) is 1.40. The van der Waals surface area contributed by atoms with Crippen LogP contribution in [0.1, 0.15) is 23.2 Å². The van der Waals surface area contributed by atoms with Gasteiger partial charge in [0.2, 0.25) is 0 Å². The lowest BCUT2D eigenvalue weighted by Gasteiger charge is -2.09. The molecular weight excluding hydrogens is 221 g/mol. The highest BCUT2D eigenvalue weighted by molar-refractivity contribution is 6.44. The topological polar surface area (TPSA) is 29.1 Å². The smallest absolute Gasteiger partial charge is 0.165 e. The maximum absolute atomic E-state index is 11.6. The van der Waals surface area contributed by atoms with Crippen molar-refractivity contribution in [3.8, 4) is 0 Å². The molecule has 4 heteroatoms. The molecule has 0 atom stereocenters. The number of nitrogens with one attached hydrogen (secondary N) is 1. The van der Waals surface area contributed by atoms with Gasteiger partial charge in [-0.2, -0.15) is 0 Å². The lowest BCUT2D eigenvalue weighted by molar-refractivity contribution is 0.0984. The van der Waals surface area contributed by atoms with E-state index < -0.39 is 0 Å². The Morgan fingerprint density at radius 2 is 2.07 bits per heavy atom. The molecule has 1 aromatic carbocycles. The predicted molar refractivity (Wildman–Crippen MR) is 58.5 cm³/mol. The van der Waals surface area contributed by atoms with Crippen molar-refractivity contribution in [3.05, 3.63) is 27.7 Å². The number of hydrogen-bond donors (Lipinski definition) is 1. The van der Waals surface area contributed by atoms with Crippen LogP contribution >= 0.6 is 23.2 Å². The Kier molecular flexibility index (Phi) is 2.66. The first-order valence-corrected chi connectivity index (χ1v) is 5.21. The first-order valence-electron chi connectivity index (χ1n) is 4.45. The minimum absolute atomic E-state index is 0.128. The molecule has 0 amide bonds. The van der Waals surface area contributed by atoms with E-state index in [4.69, 9.17) is 23.2 Å². The second kappa shape index (κ2) is 3.79. The van der Waals surface area contributed by atoms with Crippen molar-refractivity contribution in [2.24, 2.45) is 0 Å². The Labute approximate surface area is 92.2 Å². The van der Waals surface area contributed by atoms with Crippen LogP contribution in [0.4, 0.5) is 5.69 Å². The van der Waals surface area contributed by atoms with Gasteiger partial charge in [0.1, 0.15) is 0 Å². The Balaban J connectivity index is 2.58. The third-order valence-electron chi connectivity index (χ3n) is 2.28. The molecule has 2 rings (SSSR count). The second-order valence-electron chi connectivity index (χ2n) is 3.24. The Morgan fingerprint density at radius 1 is 1.29 bits per heavy atom. The van der Waals surface area contributed by atoms with Gasteiger partial charge in [-0.15, -0.1) is 0 Å². The number of halogens is 2. The molecule has 0 saturated carbocycles. The number of hydrogen-bond acceptors (Lipinski definition) is 2. The number of carbonyl (C=O) groups is 1. The zero-order valence-corrected chi connectivity index (χ0v) is 8.95. The Morgan fingerprint density at radius 3 is 2.86 bits per heavy atom. The van der Waals surface area contributed by atoms with Gasteiger partial charge in [-0.05, 0) is 18.6 Å². The molecular formula is C10H9Cl2NO. The van der Waals surface area contributed by atoms with E-state index in [1.165, 1.54) is 0 Å². The SMILES string of the molecule is O=C1CCCNc2c1ccc(Cl)c2Cl. The van der Waals surface area contributed by atoms with Crippen LogP contribution in [0.2, 0.25) is 10.0 Å². The fourth-order valence-electron chi connectivity index (χ4n) is 1.55. The molecule has 1 N–H and O–H groups in total. The standard InChI is InChI=1S/C10H9Cl2NO/c11-7-4-3-6-8(14)2-1-5-13-10(6)9(7)12/h3-4,13H,1-2,5H2. The third kappa shape index (κ3) is 1.60. The summed E-state index contributed by atoms with van der Waals surface area (Å²) < 4.78 is 0. The molecule has 0 spiro atoms. The molecule has 0 radical (unpaired) electrons. The van der Waals surface area contributed by atoms with E-state index in [2.05, 4.69) is 5.32 Å². The predicted octanol–water partition coefficient (Wildman–Crippen LogP) is 3.38. The maximum Gasteiger partial charge on any atom is 0.165 e. The van der Waals surface area contributed by atoms with Crippen molar-refractivity contribution in [3.63, 3.8) is 0 Å². The van der Waals surface area contributed by atoms with Crippen molar-refractivity contribution in [1.82, 2.24) is 0 Å². The molecule has 0 unspecified atom stereocenters. The summed E-state index contributed by atoms with van der Waals surface area (Å²) in [4.78, 5) is 11.6. The fourth-order valence-corrected chi connectivity index (χ4v) is 1.94. The third-order valence-corrected chi connectivity index (χ3v) is 3.08. The molecule has 0 fully saturated rings.